The highest BCUT2D eigenvalue weighted by Crippen LogP contribution is 2.32. The Kier molecular flexibility index (Phi) is 7.20. The summed E-state index contributed by atoms with van der Waals surface area (Å²) in [6.07, 6.45) is 6.58. The van der Waals surface area contributed by atoms with Gasteiger partial charge < -0.3 is 10.5 Å². The first-order valence-corrected chi connectivity index (χ1v) is 7.67. The van der Waals surface area contributed by atoms with E-state index in [0.29, 0.717) is 5.92 Å². The minimum Gasteiger partial charge on any atom is -0.380 e. The van der Waals surface area contributed by atoms with Gasteiger partial charge in [0.05, 0.1) is 6.61 Å². The second-order valence-electron chi connectivity index (χ2n) is 6.04. The van der Waals surface area contributed by atoms with Crippen molar-refractivity contribution in [1.29, 1.82) is 0 Å². The maximum Gasteiger partial charge on any atom is 0.0593 e. The van der Waals surface area contributed by atoms with Crippen molar-refractivity contribution in [3.63, 3.8) is 0 Å². The molecule has 1 aliphatic rings. The lowest BCUT2D eigenvalue weighted by atomic mass is 9.80. The predicted octanol–water partition coefficient (Wildman–Crippen LogP) is 2.64. The van der Waals surface area contributed by atoms with Gasteiger partial charge in [-0.05, 0) is 25.3 Å². The fourth-order valence-corrected chi connectivity index (χ4v) is 3.08. The quantitative estimate of drug-likeness (QED) is 0.679. The first-order valence-electron chi connectivity index (χ1n) is 7.67. The van der Waals surface area contributed by atoms with Crippen molar-refractivity contribution >= 4 is 0 Å². The maximum absolute atomic E-state index is 6.08. The second kappa shape index (κ2) is 8.13. The molecule has 0 atom stereocenters. The molecule has 108 valence electrons. The number of nitrogens with zero attached hydrogens (tertiary/aromatic N) is 1. The Balaban J connectivity index is 2.42. The molecule has 1 aliphatic carbocycles. The summed E-state index contributed by atoms with van der Waals surface area (Å²) < 4.78 is 5.73. The van der Waals surface area contributed by atoms with Crippen LogP contribution in [0.25, 0.3) is 0 Å². The van der Waals surface area contributed by atoms with Crippen LogP contribution >= 0.6 is 0 Å². The lowest BCUT2D eigenvalue weighted by molar-refractivity contribution is 0.0216. The third kappa shape index (κ3) is 4.52. The van der Waals surface area contributed by atoms with Crippen LogP contribution in [0.15, 0.2) is 0 Å². The molecule has 1 saturated carbocycles. The van der Waals surface area contributed by atoms with E-state index in [1.165, 1.54) is 32.1 Å². The van der Waals surface area contributed by atoms with Gasteiger partial charge in [0.25, 0.3) is 0 Å². The normalized spacial score (nSPS) is 19.7. The van der Waals surface area contributed by atoms with Crippen LogP contribution in [0, 0.1) is 5.92 Å². The van der Waals surface area contributed by atoms with E-state index >= 15 is 0 Å². The van der Waals surface area contributed by atoms with Gasteiger partial charge in [-0.25, -0.2) is 0 Å². The standard InChI is InChI=1S/C15H32N2O/c1-4-17(10-11-18-12-14(2)3)15(13-16)8-6-5-7-9-15/h14H,4-13,16H2,1-3H3. The third-order valence-electron chi connectivity index (χ3n) is 4.17. The highest BCUT2D eigenvalue weighted by molar-refractivity contribution is 4.93. The number of likely N-dealkylation sites (N-methyl/N-ethyl adjacent to an activating group) is 1. The first kappa shape index (κ1) is 15.9. The molecular weight excluding hydrogens is 224 g/mol. The summed E-state index contributed by atoms with van der Waals surface area (Å²) in [6.45, 7) is 11.3. The average molecular weight is 256 g/mol. The van der Waals surface area contributed by atoms with Crippen LogP contribution in [-0.4, -0.2) is 43.3 Å². The Morgan fingerprint density at radius 2 is 1.89 bits per heavy atom. The lowest BCUT2D eigenvalue weighted by Gasteiger charge is -2.45. The van der Waals surface area contributed by atoms with E-state index in [9.17, 15) is 0 Å². The van der Waals surface area contributed by atoms with Gasteiger partial charge in [0.1, 0.15) is 0 Å². The number of ether oxygens (including phenoxy) is 1. The topological polar surface area (TPSA) is 38.5 Å². The van der Waals surface area contributed by atoms with Crippen LogP contribution in [-0.2, 0) is 4.74 Å². The largest absolute Gasteiger partial charge is 0.380 e. The highest BCUT2D eigenvalue weighted by Gasteiger charge is 2.35. The van der Waals surface area contributed by atoms with Crippen molar-refractivity contribution in [3.05, 3.63) is 0 Å². The molecule has 0 bridgehead atoms. The number of hydrogen-bond donors (Lipinski definition) is 1. The number of rotatable bonds is 8. The summed E-state index contributed by atoms with van der Waals surface area (Å²) in [4.78, 5) is 2.56. The molecule has 18 heavy (non-hydrogen) atoms. The van der Waals surface area contributed by atoms with Gasteiger partial charge in [-0.2, -0.15) is 0 Å². The van der Waals surface area contributed by atoms with Crippen LogP contribution < -0.4 is 5.73 Å². The zero-order valence-corrected chi connectivity index (χ0v) is 12.6. The monoisotopic (exact) mass is 256 g/mol. The van der Waals surface area contributed by atoms with Crippen molar-refractivity contribution in [2.45, 2.75) is 58.4 Å². The summed E-state index contributed by atoms with van der Waals surface area (Å²) in [5.41, 5.74) is 6.34. The van der Waals surface area contributed by atoms with Crippen LogP contribution in [0.2, 0.25) is 0 Å². The molecule has 3 nitrogen and oxygen atoms in total. The third-order valence-corrected chi connectivity index (χ3v) is 4.17. The summed E-state index contributed by atoms with van der Waals surface area (Å²) >= 11 is 0. The van der Waals surface area contributed by atoms with Crippen molar-refractivity contribution in [1.82, 2.24) is 4.90 Å². The van der Waals surface area contributed by atoms with Crippen LogP contribution in [0.4, 0.5) is 0 Å². The molecule has 0 unspecified atom stereocenters. The first-order chi connectivity index (χ1) is 8.64. The van der Waals surface area contributed by atoms with E-state index in [2.05, 4.69) is 25.7 Å². The molecule has 3 heteroatoms. The van der Waals surface area contributed by atoms with Crippen molar-refractivity contribution in [2.24, 2.45) is 11.7 Å². The van der Waals surface area contributed by atoms with Crippen LogP contribution in [0.3, 0.4) is 0 Å². The molecule has 0 aromatic heterocycles. The van der Waals surface area contributed by atoms with E-state index in [1.54, 1.807) is 0 Å². The maximum atomic E-state index is 6.08. The molecule has 1 fully saturated rings. The SMILES string of the molecule is CCN(CCOCC(C)C)C1(CN)CCCCC1. The smallest absolute Gasteiger partial charge is 0.0593 e. The molecule has 0 spiro atoms. The molecule has 0 heterocycles. The fourth-order valence-electron chi connectivity index (χ4n) is 3.08. The fraction of sp³-hybridized carbons (Fsp3) is 1.00. The van der Waals surface area contributed by atoms with Gasteiger partial charge >= 0.3 is 0 Å². The van der Waals surface area contributed by atoms with Gasteiger partial charge in [-0.1, -0.05) is 40.0 Å². The summed E-state index contributed by atoms with van der Waals surface area (Å²) in [7, 11) is 0. The zero-order valence-electron chi connectivity index (χ0n) is 12.6. The van der Waals surface area contributed by atoms with Gasteiger partial charge in [0.2, 0.25) is 0 Å². The molecular formula is C15H32N2O. The minimum atomic E-state index is 0.258. The number of hydrogen-bond acceptors (Lipinski definition) is 3. The van der Waals surface area contributed by atoms with Gasteiger partial charge in [0, 0.05) is 25.2 Å². The zero-order chi connectivity index (χ0) is 13.4. The Labute approximate surface area is 113 Å². The lowest BCUT2D eigenvalue weighted by Crippen LogP contribution is -2.55. The summed E-state index contributed by atoms with van der Waals surface area (Å²) in [6, 6.07) is 0. The van der Waals surface area contributed by atoms with Gasteiger partial charge in [-0.15, -0.1) is 0 Å². The molecule has 0 aliphatic heterocycles. The Hall–Kier alpha value is -0.120. The Bertz CT molecular complexity index is 213. The highest BCUT2D eigenvalue weighted by atomic mass is 16.5. The molecule has 0 radical (unpaired) electrons. The van der Waals surface area contributed by atoms with Gasteiger partial charge in [-0.3, -0.25) is 4.90 Å². The van der Waals surface area contributed by atoms with Crippen LogP contribution in [0.5, 0.6) is 0 Å². The van der Waals surface area contributed by atoms with E-state index in [1.807, 2.05) is 0 Å². The van der Waals surface area contributed by atoms with E-state index in [4.69, 9.17) is 10.5 Å². The molecule has 0 aromatic rings. The predicted molar refractivity (Wildman–Crippen MR) is 77.8 cm³/mol. The summed E-state index contributed by atoms with van der Waals surface area (Å²) in [5.74, 6) is 0.623. The van der Waals surface area contributed by atoms with E-state index in [0.717, 1.165) is 32.8 Å². The molecule has 2 N–H and O–H groups in total. The Morgan fingerprint density at radius 1 is 1.22 bits per heavy atom. The molecule has 0 amide bonds. The van der Waals surface area contributed by atoms with Crippen molar-refractivity contribution < 1.29 is 4.74 Å². The Morgan fingerprint density at radius 3 is 2.39 bits per heavy atom. The van der Waals surface area contributed by atoms with E-state index < -0.39 is 0 Å². The molecule has 0 saturated heterocycles. The molecule has 1 rings (SSSR count). The second-order valence-corrected chi connectivity index (χ2v) is 6.04. The van der Waals surface area contributed by atoms with Crippen LogP contribution in [0.1, 0.15) is 52.9 Å². The molecule has 0 aromatic carbocycles. The van der Waals surface area contributed by atoms with Crippen molar-refractivity contribution in [3.8, 4) is 0 Å². The minimum absolute atomic E-state index is 0.258. The van der Waals surface area contributed by atoms with Gasteiger partial charge in [0.15, 0.2) is 0 Å². The van der Waals surface area contributed by atoms with E-state index in [-0.39, 0.29) is 5.54 Å². The summed E-state index contributed by atoms with van der Waals surface area (Å²) in [5, 5.41) is 0. The van der Waals surface area contributed by atoms with Crippen molar-refractivity contribution in [2.75, 3.05) is 32.8 Å². The average Bonchev–Trinajstić information content (AvgIpc) is 2.39. The number of nitrogens with two attached hydrogens (primary N) is 1.